The van der Waals surface area contributed by atoms with E-state index < -0.39 is 4.92 Å². The van der Waals surface area contributed by atoms with Crippen LogP contribution in [-0.2, 0) is 6.42 Å². The molecule has 0 aliphatic carbocycles. The lowest BCUT2D eigenvalue weighted by molar-refractivity contribution is -0.384. The first-order valence-electron chi connectivity index (χ1n) is 5.57. The van der Waals surface area contributed by atoms with Crippen LogP contribution in [0.1, 0.15) is 15.4 Å². The summed E-state index contributed by atoms with van der Waals surface area (Å²) in [5.41, 5.74) is 0.937. The number of halogens is 1. The Kier molecular flexibility index (Phi) is 4.59. The number of nitro groups is 1. The Hall–Kier alpha value is -2.06. The number of nitrogens with zero attached hydrogens (tertiary/aromatic N) is 3. The third kappa shape index (κ3) is 3.72. The van der Waals surface area contributed by atoms with Crippen LogP contribution in [0.2, 0.25) is 4.47 Å². The summed E-state index contributed by atoms with van der Waals surface area (Å²) in [6.07, 6.45) is 0.566. The van der Waals surface area contributed by atoms with Gasteiger partial charge in [-0.25, -0.2) is 0 Å². The van der Waals surface area contributed by atoms with Gasteiger partial charge in [-0.15, -0.1) is 10.2 Å². The topological polar surface area (TPSA) is 98.0 Å². The fraction of sp³-hybridized carbons (Fsp3) is 0.182. The summed E-state index contributed by atoms with van der Waals surface area (Å²) in [4.78, 5) is 21.7. The second-order valence-electron chi connectivity index (χ2n) is 3.79. The van der Waals surface area contributed by atoms with E-state index in [1.807, 2.05) is 0 Å². The molecule has 2 rings (SSSR count). The van der Waals surface area contributed by atoms with E-state index in [9.17, 15) is 14.9 Å². The smallest absolute Gasteiger partial charge is 0.282 e. The molecule has 20 heavy (non-hydrogen) atoms. The van der Waals surface area contributed by atoms with Gasteiger partial charge in [-0.1, -0.05) is 23.5 Å². The Morgan fingerprint density at radius 1 is 1.35 bits per heavy atom. The number of amides is 1. The van der Waals surface area contributed by atoms with Crippen LogP contribution in [0.25, 0.3) is 0 Å². The van der Waals surface area contributed by atoms with E-state index in [4.69, 9.17) is 11.6 Å². The van der Waals surface area contributed by atoms with Crippen LogP contribution >= 0.6 is 22.9 Å². The molecule has 1 amide bonds. The highest BCUT2D eigenvalue weighted by molar-refractivity contribution is 7.17. The normalized spacial score (nSPS) is 10.2. The number of rotatable bonds is 5. The Morgan fingerprint density at radius 3 is 2.60 bits per heavy atom. The molecule has 0 aliphatic heterocycles. The van der Waals surface area contributed by atoms with Crippen LogP contribution in [0.3, 0.4) is 0 Å². The highest BCUT2D eigenvalue weighted by Gasteiger charge is 2.11. The Bertz CT molecular complexity index is 629. The number of benzene rings is 1. The van der Waals surface area contributed by atoms with Crippen molar-refractivity contribution in [2.24, 2.45) is 0 Å². The summed E-state index contributed by atoms with van der Waals surface area (Å²) in [6, 6.07) is 6.18. The Balaban J connectivity index is 1.83. The third-order valence-electron chi connectivity index (χ3n) is 2.44. The van der Waals surface area contributed by atoms with Crippen molar-refractivity contribution in [3.8, 4) is 0 Å². The minimum absolute atomic E-state index is 0.0429. The van der Waals surface area contributed by atoms with E-state index >= 15 is 0 Å². The van der Waals surface area contributed by atoms with Crippen molar-refractivity contribution >= 4 is 34.5 Å². The van der Waals surface area contributed by atoms with Crippen LogP contribution in [0.5, 0.6) is 0 Å². The molecular weight excluding hydrogens is 304 g/mol. The number of nitro benzene ring substituents is 1. The van der Waals surface area contributed by atoms with Crippen molar-refractivity contribution < 1.29 is 9.72 Å². The van der Waals surface area contributed by atoms with E-state index in [1.165, 1.54) is 12.1 Å². The molecule has 0 aliphatic rings. The molecule has 7 nitrogen and oxygen atoms in total. The van der Waals surface area contributed by atoms with E-state index in [1.54, 1.807) is 12.1 Å². The number of hydrogen-bond acceptors (Lipinski definition) is 6. The van der Waals surface area contributed by atoms with Crippen LogP contribution in [-0.4, -0.2) is 27.6 Å². The lowest BCUT2D eigenvalue weighted by Crippen LogP contribution is -2.25. The van der Waals surface area contributed by atoms with Gasteiger partial charge >= 0.3 is 0 Å². The van der Waals surface area contributed by atoms with Crippen molar-refractivity contribution in [2.75, 3.05) is 6.54 Å². The average Bonchev–Trinajstić information content (AvgIpc) is 2.86. The van der Waals surface area contributed by atoms with Gasteiger partial charge < -0.3 is 5.32 Å². The fourth-order valence-electron chi connectivity index (χ4n) is 1.48. The van der Waals surface area contributed by atoms with Gasteiger partial charge in [-0.3, -0.25) is 14.9 Å². The minimum Gasteiger partial charge on any atom is -0.350 e. The second kappa shape index (κ2) is 6.40. The molecule has 0 saturated carbocycles. The molecule has 1 N–H and O–H groups in total. The monoisotopic (exact) mass is 312 g/mol. The summed E-state index contributed by atoms with van der Waals surface area (Å²) >= 11 is 6.59. The molecule has 2 aromatic rings. The molecule has 1 heterocycles. The predicted molar refractivity (Wildman–Crippen MR) is 74.1 cm³/mol. The standard InChI is InChI=1S/C11H9ClN4O3S/c12-11-15-14-10(20-11)9(17)13-6-5-7-1-3-8(4-2-7)16(18)19/h1-4H,5-6H2,(H,13,17). The Morgan fingerprint density at radius 2 is 2.05 bits per heavy atom. The predicted octanol–water partition coefficient (Wildman–Crippen LogP) is 2.07. The maximum absolute atomic E-state index is 11.6. The molecular formula is C11H9ClN4O3S. The zero-order valence-corrected chi connectivity index (χ0v) is 11.6. The summed E-state index contributed by atoms with van der Waals surface area (Å²) < 4.78 is 0.213. The van der Waals surface area contributed by atoms with Gasteiger partial charge in [0.25, 0.3) is 11.6 Å². The molecule has 0 atom stereocenters. The average molecular weight is 313 g/mol. The van der Waals surface area contributed by atoms with E-state index in [-0.39, 0.29) is 21.1 Å². The summed E-state index contributed by atoms with van der Waals surface area (Å²) in [5, 5.41) is 20.5. The molecule has 104 valence electrons. The maximum Gasteiger partial charge on any atom is 0.282 e. The quantitative estimate of drug-likeness (QED) is 0.673. The number of carbonyl (C=O) groups excluding carboxylic acids is 1. The highest BCUT2D eigenvalue weighted by atomic mass is 35.5. The van der Waals surface area contributed by atoms with Crippen LogP contribution in [0.15, 0.2) is 24.3 Å². The molecule has 0 radical (unpaired) electrons. The molecule has 0 fully saturated rings. The molecule has 9 heteroatoms. The van der Waals surface area contributed by atoms with Crippen LogP contribution in [0, 0.1) is 10.1 Å². The van der Waals surface area contributed by atoms with Gasteiger partial charge in [0.2, 0.25) is 9.47 Å². The fourth-order valence-corrected chi connectivity index (χ4v) is 2.22. The first-order chi connectivity index (χ1) is 9.56. The number of nitrogens with one attached hydrogen (secondary N) is 1. The second-order valence-corrected chi connectivity index (χ2v) is 5.35. The van der Waals surface area contributed by atoms with Crippen molar-refractivity contribution in [3.63, 3.8) is 0 Å². The molecule has 1 aromatic carbocycles. The molecule has 0 unspecified atom stereocenters. The summed E-state index contributed by atoms with van der Waals surface area (Å²) in [7, 11) is 0. The number of hydrogen-bond donors (Lipinski definition) is 1. The molecule has 0 bridgehead atoms. The van der Waals surface area contributed by atoms with Crippen LogP contribution < -0.4 is 5.32 Å². The van der Waals surface area contributed by atoms with Crippen molar-refractivity contribution in [1.82, 2.24) is 15.5 Å². The summed E-state index contributed by atoms with van der Waals surface area (Å²) in [6.45, 7) is 0.397. The molecule has 0 saturated heterocycles. The van der Waals surface area contributed by atoms with Gasteiger partial charge in [0, 0.05) is 18.7 Å². The largest absolute Gasteiger partial charge is 0.350 e. The van der Waals surface area contributed by atoms with Gasteiger partial charge in [0.15, 0.2) is 0 Å². The lowest BCUT2D eigenvalue weighted by Gasteiger charge is -2.02. The van der Waals surface area contributed by atoms with Gasteiger partial charge in [0.05, 0.1) is 4.92 Å². The number of non-ortho nitro benzene ring substituents is 1. The van der Waals surface area contributed by atoms with E-state index in [0.29, 0.717) is 13.0 Å². The number of carbonyl (C=O) groups is 1. The maximum atomic E-state index is 11.6. The summed E-state index contributed by atoms with van der Waals surface area (Å²) in [5.74, 6) is -0.337. The van der Waals surface area contributed by atoms with Gasteiger partial charge in [-0.2, -0.15) is 0 Å². The zero-order valence-electron chi connectivity index (χ0n) is 10.1. The first kappa shape index (κ1) is 14.4. The zero-order chi connectivity index (χ0) is 14.5. The SMILES string of the molecule is O=C(NCCc1ccc([N+](=O)[O-])cc1)c1nnc(Cl)s1. The van der Waals surface area contributed by atoms with Crippen molar-refractivity contribution in [3.05, 3.63) is 49.4 Å². The van der Waals surface area contributed by atoms with E-state index in [0.717, 1.165) is 16.9 Å². The van der Waals surface area contributed by atoms with Crippen LogP contribution in [0.4, 0.5) is 5.69 Å². The minimum atomic E-state index is -0.454. The third-order valence-corrected chi connectivity index (χ3v) is 3.46. The first-order valence-corrected chi connectivity index (χ1v) is 6.76. The van der Waals surface area contributed by atoms with Crippen molar-refractivity contribution in [1.29, 1.82) is 0 Å². The molecule has 0 spiro atoms. The van der Waals surface area contributed by atoms with E-state index in [2.05, 4.69) is 15.5 Å². The van der Waals surface area contributed by atoms with Gasteiger partial charge in [-0.05, 0) is 23.6 Å². The molecule has 1 aromatic heterocycles. The Labute approximate surface area is 122 Å². The lowest BCUT2D eigenvalue weighted by atomic mass is 10.1. The number of aromatic nitrogens is 2. The highest BCUT2D eigenvalue weighted by Crippen LogP contribution is 2.14. The van der Waals surface area contributed by atoms with Crippen molar-refractivity contribution in [2.45, 2.75) is 6.42 Å². The van der Waals surface area contributed by atoms with Gasteiger partial charge in [0.1, 0.15) is 0 Å².